The summed E-state index contributed by atoms with van der Waals surface area (Å²) in [6.45, 7) is 3.37. The van der Waals surface area contributed by atoms with Gasteiger partial charge in [0.1, 0.15) is 5.75 Å². The number of hydrogen-bond donors (Lipinski definition) is 2. The fourth-order valence-corrected chi connectivity index (χ4v) is 4.10. The van der Waals surface area contributed by atoms with E-state index >= 15 is 0 Å². The number of amides is 2. The molecule has 2 aliphatic heterocycles. The van der Waals surface area contributed by atoms with E-state index < -0.39 is 0 Å². The molecule has 1 fully saturated rings. The maximum absolute atomic E-state index is 12.5. The third kappa shape index (κ3) is 5.42. The van der Waals surface area contributed by atoms with Crippen LogP contribution in [0.2, 0.25) is 0 Å². The number of piperidine rings is 1. The molecule has 2 heterocycles. The minimum Gasteiger partial charge on any atom is -0.482 e. The van der Waals surface area contributed by atoms with Crippen molar-refractivity contribution in [3.05, 3.63) is 59.7 Å². The Morgan fingerprint density at radius 3 is 2.58 bits per heavy atom. The number of fused-ring (bicyclic) bond motifs is 1. The molecule has 0 unspecified atom stereocenters. The largest absolute Gasteiger partial charge is 0.482 e. The SMILES string of the molecule is O=C(CCN1C(=O)COc2ccccc21)NCc1ccccc1CN1CCC(O)CC1. The number of rotatable bonds is 7. The first-order valence-electron chi connectivity index (χ1n) is 10.9. The van der Waals surface area contributed by atoms with E-state index in [1.807, 2.05) is 42.5 Å². The van der Waals surface area contributed by atoms with E-state index in [4.69, 9.17) is 4.74 Å². The smallest absolute Gasteiger partial charge is 0.265 e. The number of ether oxygens (including phenoxy) is 1. The molecule has 0 spiro atoms. The van der Waals surface area contributed by atoms with Crippen molar-refractivity contribution < 1.29 is 19.4 Å². The molecule has 0 saturated carbocycles. The second kappa shape index (κ2) is 9.94. The normalized spacial score (nSPS) is 17.2. The van der Waals surface area contributed by atoms with Gasteiger partial charge in [0, 0.05) is 39.1 Å². The van der Waals surface area contributed by atoms with Gasteiger partial charge in [-0.25, -0.2) is 0 Å². The fourth-order valence-electron chi connectivity index (χ4n) is 4.10. The Kier molecular flexibility index (Phi) is 6.84. The molecule has 2 aliphatic rings. The Bertz CT molecular complexity index is 925. The summed E-state index contributed by atoms with van der Waals surface area (Å²) in [6.07, 6.45) is 1.66. The average Bonchev–Trinajstić information content (AvgIpc) is 2.79. The van der Waals surface area contributed by atoms with E-state index in [-0.39, 0.29) is 30.9 Å². The first-order valence-corrected chi connectivity index (χ1v) is 10.9. The van der Waals surface area contributed by atoms with Gasteiger partial charge in [-0.2, -0.15) is 0 Å². The summed E-state index contributed by atoms with van der Waals surface area (Å²) in [6, 6.07) is 15.5. The molecule has 7 heteroatoms. The first-order chi connectivity index (χ1) is 15.1. The molecule has 4 rings (SSSR count). The molecule has 0 atom stereocenters. The number of carbonyl (C=O) groups is 2. The molecule has 0 aromatic heterocycles. The molecule has 2 aromatic rings. The van der Waals surface area contributed by atoms with Gasteiger partial charge in [0.25, 0.3) is 5.91 Å². The van der Waals surface area contributed by atoms with Crippen molar-refractivity contribution in [1.82, 2.24) is 10.2 Å². The van der Waals surface area contributed by atoms with Gasteiger partial charge in [0.2, 0.25) is 5.91 Å². The van der Waals surface area contributed by atoms with Crippen molar-refractivity contribution in [2.45, 2.75) is 38.5 Å². The Hall–Kier alpha value is -2.90. The quantitative estimate of drug-likeness (QED) is 0.713. The third-order valence-electron chi connectivity index (χ3n) is 5.92. The number of benzene rings is 2. The first kappa shape index (κ1) is 21.3. The molecule has 31 heavy (non-hydrogen) atoms. The van der Waals surface area contributed by atoms with Gasteiger partial charge in [-0.05, 0) is 36.1 Å². The van der Waals surface area contributed by atoms with Crippen LogP contribution in [0.1, 0.15) is 30.4 Å². The summed E-state index contributed by atoms with van der Waals surface area (Å²) < 4.78 is 5.45. The maximum Gasteiger partial charge on any atom is 0.265 e. The Balaban J connectivity index is 1.30. The van der Waals surface area contributed by atoms with E-state index in [1.165, 1.54) is 5.56 Å². The Morgan fingerprint density at radius 1 is 1.06 bits per heavy atom. The highest BCUT2D eigenvalue weighted by Crippen LogP contribution is 2.31. The second-order valence-corrected chi connectivity index (χ2v) is 8.10. The highest BCUT2D eigenvalue weighted by Gasteiger charge is 2.25. The lowest BCUT2D eigenvalue weighted by Gasteiger charge is -2.30. The van der Waals surface area contributed by atoms with Gasteiger partial charge in [-0.1, -0.05) is 36.4 Å². The molecule has 7 nitrogen and oxygen atoms in total. The van der Waals surface area contributed by atoms with E-state index in [9.17, 15) is 14.7 Å². The van der Waals surface area contributed by atoms with E-state index in [0.29, 0.717) is 24.5 Å². The van der Waals surface area contributed by atoms with Crippen LogP contribution in [0.3, 0.4) is 0 Å². The number of nitrogens with one attached hydrogen (secondary N) is 1. The number of anilines is 1. The van der Waals surface area contributed by atoms with Crippen LogP contribution in [0.15, 0.2) is 48.5 Å². The zero-order chi connectivity index (χ0) is 21.6. The van der Waals surface area contributed by atoms with Crippen LogP contribution in [0, 0.1) is 0 Å². The summed E-state index contributed by atoms with van der Waals surface area (Å²) in [4.78, 5) is 28.7. The molecule has 164 valence electrons. The van der Waals surface area contributed by atoms with Gasteiger partial charge in [0.15, 0.2) is 6.61 Å². The molecule has 2 aromatic carbocycles. The van der Waals surface area contributed by atoms with Crippen LogP contribution >= 0.6 is 0 Å². The second-order valence-electron chi connectivity index (χ2n) is 8.10. The minimum atomic E-state index is -0.184. The molecule has 1 saturated heterocycles. The van der Waals surface area contributed by atoms with Crippen molar-refractivity contribution in [3.63, 3.8) is 0 Å². The molecular weight excluding hydrogens is 394 g/mol. The molecule has 0 bridgehead atoms. The van der Waals surface area contributed by atoms with Crippen LogP contribution in [0.4, 0.5) is 5.69 Å². The lowest BCUT2D eigenvalue weighted by Crippen LogP contribution is -2.41. The van der Waals surface area contributed by atoms with E-state index in [1.54, 1.807) is 4.90 Å². The van der Waals surface area contributed by atoms with Crippen molar-refractivity contribution >= 4 is 17.5 Å². The van der Waals surface area contributed by atoms with Crippen LogP contribution in [0.25, 0.3) is 0 Å². The lowest BCUT2D eigenvalue weighted by atomic mass is 10.0. The number of likely N-dealkylation sites (tertiary alicyclic amines) is 1. The van der Waals surface area contributed by atoms with E-state index in [2.05, 4.69) is 16.3 Å². The van der Waals surface area contributed by atoms with Crippen molar-refractivity contribution in [2.75, 3.05) is 31.1 Å². The standard InChI is InChI=1S/C24H29N3O4/c28-20-9-12-26(13-10-20)16-19-6-2-1-5-18(19)15-25-23(29)11-14-27-21-7-3-4-8-22(21)31-17-24(27)30/h1-8,20,28H,9-17H2,(H,25,29). The Morgan fingerprint density at radius 2 is 1.77 bits per heavy atom. The zero-order valence-electron chi connectivity index (χ0n) is 17.6. The topological polar surface area (TPSA) is 82.1 Å². The van der Waals surface area contributed by atoms with E-state index in [0.717, 1.165) is 38.0 Å². The number of carbonyl (C=O) groups excluding carboxylic acids is 2. The summed E-state index contributed by atoms with van der Waals surface area (Å²) >= 11 is 0. The number of nitrogens with zero attached hydrogens (tertiary/aromatic N) is 2. The van der Waals surface area contributed by atoms with Crippen molar-refractivity contribution in [1.29, 1.82) is 0 Å². The van der Waals surface area contributed by atoms with Gasteiger partial charge in [-0.3, -0.25) is 14.5 Å². The lowest BCUT2D eigenvalue weighted by molar-refractivity contribution is -0.122. The van der Waals surface area contributed by atoms with Gasteiger partial charge in [-0.15, -0.1) is 0 Å². The third-order valence-corrected chi connectivity index (χ3v) is 5.92. The monoisotopic (exact) mass is 423 g/mol. The Labute approximate surface area is 182 Å². The number of para-hydroxylation sites is 2. The van der Waals surface area contributed by atoms with Crippen molar-refractivity contribution in [2.24, 2.45) is 0 Å². The number of aliphatic hydroxyl groups excluding tert-OH is 1. The summed E-state index contributed by atoms with van der Waals surface area (Å²) in [7, 11) is 0. The number of aliphatic hydroxyl groups is 1. The minimum absolute atomic E-state index is 0.000461. The predicted molar refractivity (Wildman–Crippen MR) is 118 cm³/mol. The summed E-state index contributed by atoms with van der Waals surface area (Å²) in [5.41, 5.74) is 3.00. The van der Waals surface area contributed by atoms with Crippen LogP contribution in [-0.4, -0.2) is 54.2 Å². The predicted octanol–water partition coefficient (Wildman–Crippen LogP) is 2.08. The van der Waals surface area contributed by atoms with Crippen LogP contribution < -0.4 is 15.0 Å². The number of hydrogen-bond acceptors (Lipinski definition) is 5. The molecule has 2 N–H and O–H groups in total. The molecule has 0 aliphatic carbocycles. The molecule has 2 amide bonds. The summed E-state index contributed by atoms with van der Waals surface area (Å²) in [5.74, 6) is 0.442. The maximum atomic E-state index is 12.5. The van der Waals surface area contributed by atoms with Gasteiger partial charge >= 0.3 is 0 Å². The molecular formula is C24H29N3O4. The molecule has 0 radical (unpaired) electrons. The summed E-state index contributed by atoms with van der Waals surface area (Å²) in [5, 5.41) is 12.7. The highest BCUT2D eigenvalue weighted by molar-refractivity contribution is 5.98. The van der Waals surface area contributed by atoms with Crippen LogP contribution in [0.5, 0.6) is 5.75 Å². The highest BCUT2D eigenvalue weighted by atomic mass is 16.5. The fraction of sp³-hybridized carbons (Fsp3) is 0.417. The zero-order valence-corrected chi connectivity index (χ0v) is 17.6. The van der Waals surface area contributed by atoms with Gasteiger partial charge in [0.05, 0.1) is 11.8 Å². The van der Waals surface area contributed by atoms with Crippen molar-refractivity contribution in [3.8, 4) is 5.75 Å². The average molecular weight is 424 g/mol. The van der Waals surface area contributed by atoms with Crippen LogP contribution in [-0.2, 0) is 22.7 Å². The van der Waals surface area contributed by atoms with Gasteiger partial charge < -0.3 is 20.1 Å².